The molecule has 6 aromatic rings. The molecule has 0 aliphatic rings. The monoisotopic (exact) mass is 642 g/mol. The van der Waals surface area contributed by atoms with E-state index < -0.39 is 0 Å². The van der Waals surface area contributed by atoms with Gasteiger partial charge in [0, 0.05) is 34.1 Å². The van der Waals surface area contributed by atoms with Crippen LogP contribution in [-0.2, 0) is 0 Å². The van der Waals surface area contributed by atoms with Gasteiger partial charge in [0.15, 0.2) is 0 Å². The molecule has 6 rings (SSSR count). The summed E-state index contributed by atoms with van der Waals surface area (Å²) in [4.78, 5) is 4.70. The van der Waals surface area contributed by atoms with Crippen molar-refractivity contribution < 1.29 is 0 Å². The minimum atomic E-state index is 0.606. The first-order valence-corrected chi connectivity index (χ1v) is 18.2. The lowest BCUT2D eigenvalue weighted by Crippen LogP contribution is -2.10. The molecule has 1 atom stereocenters. The smallest absolute Gasteiger partial charge is 0.0462 e. The van der Waals surface area contributed by atoms with Crippen molar-refractivity contribution in [2.75, 3.05) is 9.80 Å². The fraction of sp³-hybridized carbons (Fsp3) is 0.234. The van der Waals surface area contributed by atoms with Gasteiger partial charge in [-0.15, -0.1) is 0 Å². The van der Waals surface area contributed by atoms with Crippen LogP contribution in [0.1, 0.15) is 82.8 Å². The number of nitrogens with zero attached hydrogens (tertiary/aromatic N) is 2. The molecule has 2 nitrogen and oxygen atoms in total. The van der Waals surface area contributed by atoms with Crippen LogP contribution in [0.15, 0.2) is 158 Å². The molecule has 0 radical (unpaired) electrons. The van der Waals surface area contributed by atoms with Crippen molar-refractivity contribution in [2.24, 2.45) is 0 Å². The highest BCUT2D eigenvalue weighted by Gasteiger charge is 2.16. The first kappa shape index (κ1) is 33.8. The largest absolute Gasteiger partial charge is 0.311 e. The van der Waals surface area contributed by atoms with E-state index in [-0.39, 0.29) is 0 Å². The first-order chi connectivity index (χ1) is 24.1. The van der Waals surface area contributed by atoms with Gasteiger partial charge in [-0.25, -0.2) is 0 Å². The topological polar surface area (TPSA) is 6.48 Å². The number of hydrogen-bond acceptors (Lipinski definition) is 2. The molecule has 0 fully saturated rings. The van der Waals surface area contributed by atoms with Gasteiger partial charge >= 0.3 is 0 Å². The van der Waals surface area contributed by atoms with Gasteiger partial charge in [0.1, 0.15) is 0 Å². The molecule has 2 heteroatoms. The van der Waals surface area contributed by atoms with Gasteiger partial charge in [-0.2, -0.15) is 0 Å². The van der Waals surface area contributed by atoms with Gasteiger partial charge in [0.25, 0.3) is 0 Å². The van der Waals surface area contributed by atoms with E-state index >= 15 is 0 Å². The minimum absolute atomic E-state index is 0.606. The lowest BCUT2D eigenvalue weighted by molar-refractivity contribution is 0.596. The Morgan fingerprint density at radius 2 is 0.653 bits per heavy atom. The third-order valence-electron chi connectivity index (χ3n) is 9.97. The van der Waals surface area contributed by atoms with Crippen molar-refractivity contribution in [1.29, 1.82) is 0 Å². The third-order valence-corrected chi connectivity index (χ3v) is 9.97. The summed E-state index contributed by atoms with van der Waals surface area (Å²) in [6.45, 7) is 9.13. The molecule has 0 saturated carbocycles. The van der Waals surface area contributed by atoms with Gasteiger partial charge < -0.3 is 9.80 Å². The Labute approximate surface area is 294 Å². The lowest BCUT2D eigenvalue weighted by atomic mass is 9.92. The Balaban J connectivity index is 1.28. The van der Waals surface area contributed by atoms with Crippen molar-refractivity contribution in [3.8, 4) is 11.1 Å². The molecule has 0 bridgehead atoms. The second-order valence-corrected chi connectivity index (χ2v) is 13.0. The van der Waals surface area contributed by atoms with Crippen molar-refractivity contribution in [3.05, 3.63) is 169 Å². The van der Waals surface area contributed by atoms with Crippen molar-refractivity contribution in [3.63, 3.8) is 0 Å². The number of benzene rings is 6. The van der Waals surface area contributed by atoms with E-state index in [2.05, 4.69) is 195 Å². The molecule has 0 heterocycles. The summed E-state index contributed by atoms with van der Waals surface area (Å²) in [5.41, 5.74) is 12.2. The normalized spacial score (nSPS) is 11.8. The molecule has 248 valence electrons. The maximum atomic E-state index is 2.35. The molecular weight excluding hydrogens is 593 g/mol. The Morgan fingerprint density at radius 1 is 0.347 bits per heavy atom. The van der Waals surface area contributed by atoms with Crippen LogP contribution in [0, 0.1) is 0 Å². The Morgan fingerprint density at radius 3 is 0.980 bits per heavy atom. The molecule has 1 unspecified atom stereocenters. The Hall–Kier alpha value is -5.08. The standard InChI is InChI=1S/C47H50N2/c1-5-15-37(8-4)39-22-30-45(31-23-39)49(43-18-13-10-14-19-43)47-34-26-41(27-35-47)40-24-32-46(33-25-40)48(42-16-11-9-12-17-42)44-28-20-38(21-29-44)36(6-2)7-3/h9-14,16-37H,5-8,15H2,1-4H3. The summed E-state index contributed by atoms with van der Waals surface area (Å²) in [6, 6.07) is 57.6. The van der Waals surface area contributed by atoms with Gasteiger partial charge in [0.05, 0.1) is 0 Å². The molecule has 6 aromatic carbocycles. The van der Waals surface area contributed by atoms with Crippen molar-refractivity contribution in [2.45, 2.75) is 71.6 Å². The SMILES string of the molecule is CCCC(CC)c1ccc(N(c2ccccc2)c2ccc(-c3ccc(N(c4ccccc4)c4ccc(C(CC)CC)cc4)cc3)cc2)cc1. The fourth-order valence-electron chi connectivity index (χ4n) is 7.16. The van der Waals surface area contributed by atoms with E-state index in [0.717, 1.165) is 35.6 Å². The summed E-state index contributed by atoms with van der Waals surface area (Å²) in [5.74, 6) is 1.23. The highest BCUT2D eigenvalue weighted by molar-refractivity contribution is 5.80. The Kier molecular flexibility index (Phi) is 11.3. The minimum Gasteiger partial charge on any atom is -0.311 e. The first-order valence-electron chi connectivity index (χ1n) is 18.2. The van der Waals surface area contributed by atoms with Crippen LogP contribution in [-0.4, -0.2) is 0 Å². The zero-order valence-corrected chi connectivity index (χ0v) is 29.6. The summed E-state index contributed by atoms with van der Waals surface area (Å²) in [6.07, 6.45) is 5.95. The van der Waals surface area contributed by atoms with Crippen LogP contribution in [0.25, 0.3) is 11.1 Å². The molecule has 0 aromatic heterocycles. The predicted octanol–water partition coefficient (Wildman–Crippen LogP) is 14.5. The summed E-state index contributed by atoms with van der Waals surface area (Å²) in [5, 5.41) is 0. The second-order valence-electron chi connectivity index (χ2n) is 13.0. The quantitative estimate of drug-likeness (QED) is 0.117. The molecular formula is C47H50N2. The van der Waals surface area contributed by atoms with Crippen LogP contribution >= 0.6 is 0 Å². The summed E-state index contributed by atoms with van der Waals surface area (Å²) >= 11 is 0. The maximum absolute atomic E-state index is 2.35. The van der Waals surface area contributed by atoms with E-state index in [1.807, 2.05) is 0 Å². The molecule has 0 aliphatic heterocycles. The zero-order valence-electron chi connectivity index (χ0n) is 29.6. The number of anilines is 6. The molecule has 0 saturated heterocycles. The van der Waals surface area contributed by atoms with Gasteiger partial charge in [0.2, 0.25) is 0 Å². The van der Waals surface area contributed by atoms with E-state index in [0.29, 0.717) is 11.8 Å². The molecule has 0 N–H and O–H groups in total. The molecule has 0 spiro atoms. The highest BCUT2D eigenvalue weighted by atomic mass is 15.1. The van der Waals surface area contributed by atoms with Crippen LogP contribution in [0.5, 0.6) is 0 Å². The van der Waals surface area contributed by atoms with Gasteiger partial charge in [-0.3, -0.25) is 0 Å². The van der Waals surface area contributed by atoms with Crippen LogP contribution < -0.4 is 9.80 Å². The van der Waals surface area contributed by atoms with E-state index in [1.54, 1.807) is 0 Å². The average Bonchev–Trinajstić information content (AvgIpc) is 3.17. The molecule has 49 heavy (non-hydrogen) atoms. The maximum Gasteiger partial charge on any atom is 0.0462 e. The molecule has 0 aliphatic carbocycles. The second kappa shape index (κ2) is 16.3. The lowest BCUT2D eigenvalue weighted by Gasteiger charge is -2.27. The average molecular weight is 643 g/mol. The summed E-state index contributed by atoms with van der Waals surface area (Å²) in [7, 11) is 0. The third kappa shape index (κ3) is 7.81. The fourth-order valence-corrected chi connectivity index (χ4v) is 7.16. The number of hydrogen-bond donors (Lipinski definition) is 0. The number of rotatable bonds is 14. The van der Waals surface area contributed by atoms with Gasteiger partial charge in [-0.05, 0) is 133 Å². The van der Waals surface area contributed by atoms with Crippen molar-refractivity contribution >= 4 is 34.1 Å². The van der Waals surface area contributed by atoms with Crippen LogP contribution in [0.4, 0.5) is 34.1 Å². The van der Waals surface area contributed by atoms with Crippen molar-refractivity contribution in [1.82, 2.24) is 0 Å². The van der Waals surface area contributed by atoms with E-state index in [9.17, 15) is 0 Å². The van der Waals surface area contributed by atoms with E-state index in [4.69, 9.17) is 0 Å². The van der Waals surface area contributed by atoms with E-state index in [1.165, 1.54) is 52.9 Å². The predicted molar refractivity (Wildman–Crippen MR) is 213 cm³/mol. The van der Waals surface area contributed by atoms with Crippen LogP contribution in [0.3, 0.4) is 0 Å². The number of para-hydroxylation sites is 2. The molecule has 0 amide bonds. The van der Waals surface area contributed by atoms with Crippen LogP contribution in [0.2, 0.25) is 0 Å². The highest BCUT2D eigenvalue weighted by Crippen LogP contribution is 2.39. The zero-order chi connectivity index (χ0) is 34.0. The van der Waals surface area contributed by atoms with Gasteiger partial charge in [-0.1, -0.05) is 119 Å². The Bertz CT molecular complexity index is 1840. The summed E-state index contributed by atoms with van der Waals surface area (Å²) < 4.78 is 0.